The third-order valence-electron chi connectivity index (χ3n) is 1.76. The van der Waals surface area contributed by atoms with Gasteiger partial charge in [-0.15, -0.1) is 0 Å². The highest BCUT2D eigenvalue weighted by Gasteiger charge is 2.41. The van der Waals surface area contributed by atoms with Crippen molar-refractivity contribution in [1.29, 1.82) is 0 Å². The van der Waals surface area contributed by atoms with Crippen LogP contribution in [0.3, 0.4) is 0 Å². The van der Waals surface area contributed by atoms with Gasteiger partial charge < -0.3 is 10.4 Å². The Morgan fingerprint density at radius 3 is 2.54 bits per heavy atom. The molecule has 76 valence electrons. The first-order valence-electron chi connectivity index (χ1n) is 3.70. The Labute approximate surface area is 72.1 Å². The molecule has 2 atom stereocenters. The minimum absolute atomic E-state index is 0.295. The van der Waals surface area contributed by atoms with Gasteiger partial charge in [0, 0.05) is 0 Å². The smallest absolute Gasteiger partial charge is 0.376 e. The van der Waals surface area contributed by atoms with E-state index in [1.807, 2.05) is 0 Å². The fraction of sp³-hybridized carbons (Fsp3) is 0.833. The lowest BCUT2D eigenvalue weighted by molar-refractivity contribution is -0.175. The molecular formula is C6H9F3N2O2. The van der Waals surface area contributed by atoms with Gasteiger partial charge in [-0.1, -0.05) is 0 Å². The molecule has 0 radical (unpaired) electrons. The molecular weight excluding hydrogens is 189 g/mol. The summed E-state index contributed by atoms with van der Waals surface area (Å²) in [5.41, 5.74) is 0. The lowest BCUT2D eigenvalue weighted by Crippen LogP contribution is -2.48. The molecule has 0 spiro atoms. The number of alkyl halides is 3. The maximum absolute atomic E-state index is 11.7. The number of amides is 1. The molecule has 1 fully saturated rings. The van der Waals surface area contributed by atoms with Crippen molar-refractivity contribution in [3.63, 3.8) is 0 Å². The Kier molecular flexibility index (Phi) is 2.77. The van der Waals surface area contributed by atoms with E-state index in [0.29, 0.717) is 13.0 Å². The lowest BCUT2D eigenvalue weighted by atomic mass is 10.2. The third-order valence-corrected chi connectivity index (χ3v) is 1.76. The van der Waals surface area contributed by atoms with Gasteiger partial charge >= 0.3 is 12.1 Å². The van der Waals surface area contributed by atoms with E-state index < -0.39 is 24.4 Å². The van der Waals surface area contributed by atoms with Gasteiger partial charge in [0.05, 0.1) is 6.04 Å². The number of aliphatic hydroxyl groups is 1. The predicted molar refractivity (Wildman–Crippen MR) is 36.6 cm³/mol. The van der Waals surface area contributed by atoms with E-state index in [2.05, 4.69) is 5.32 Å². The predicted octanol–water partition coefficient (Wildman–Crippen LogP) is -0.655. The average molecular weight is 198 g/mol. The monoisotopic (exact) mass is 198 g/mol. The first-order chi connectivity index (χ1) is 5.91. The minimum Gasteiger partial charge on any atom is -0.376 e. The molecule has 13 heavy (non-hydrogen) atoms. The molecule has 0 aromatic heterocycles. The first kappa shape index (κ1) is 10.3. The Bertz CT molecular complexity index is 207. The molecule has 4 nitrogen and oxygen atoms in total. The molecule has 1 aliphatic heterocycles. The zero-order valence-electron chi connectivity index (χ0n) is 6.56. The zero-order chi connectivity index (χ0) is 10.1. The summed E-state index contributed by atoms with van der Waals surface area (Å²) in [6.45, 7) is 0.393. The van der Waals surface area contributed by atoms with E-state index in [1.54, 1.807) is 5.32 Å². The van der Waals surface area contributed by atoms with Gasteiger partial charge in [0.15, 0.2) is 0 Å². The summed E-state index contributed by atoms with van der Waals surface area (Å²) >= 11 is 0. The molecule has 1 saturated heterocycles. The third kappa shape index (κ3) is 2.56. The lowest BCUT2D eigenvalue weighted by Gasteiger charge is -2.16. The number of hydrogen-bond acceptors (Lipinski definition) is 3. The number of carbonyl (C=O) groups excluding carboxylic acids is 1. The van der Waals surface area contributed by atoms with Crippen molar-refractivity contribution in [3.05, 3.63) is 0 Å². The Balaban J connectivity index is 2.45. The van der Waals surface area contributed by atoms with Crippen LogP contribution >= 0.6 is 0 Å². The van der Waals surface area contributed by atoms with Gasteiger partial charge in [-0.25, -0.2) is 0 Å². The fourth-order valence-electron chi connectivity index (χ4n) is 1.09. The molecule has 0 aromatic carbocycles. The topological polar surface area (TPSA) is 61.4 Å². The minimum atomic E-state index is -4.89. The number of carbonyl (C=O) groups is 1. The van der Waals surface area contributed by atoms with Crippen LogP contribution in [-0.2, 0) is 4.79 Å². The molecule has 1 amide bonds. The maximum atomic E-state index is 11.7. The molecule has 0 aromatic rings. The van der Waals surface area contributed by atoms with Crippen LogP contribution in [0.4, 0.5) is 13.2 Å². The molecule has 3 N–H and O–H groups in total. The molecule has 1 rings (SSSR count). The fourth-order valence-corrected chi connectivity index (χ4v) is 1.09. The van der Waals surface area contributed by atoms with Gasteiger partial charge in [0.2, 0.25) is 0 Å². The zero-order valence-corrected chi connectivity index (χ0v) is 6.56. The molecule has 0 aliphatic carbocycles. The number of nitrogens with one attached hydrogen (secondary N) is 2. The molecule has 7 heteroatoms. The number of hydrogen-bond donors (Lipinski definition) is 3. The first-order valence-corrected chi connectivity index (χ1v) is 3.70. The van der Waals surface area contributed by atoms with Crippen molar-refractivity contribution in [3.8, 4) is 0 Å². The van der Waals surface area contributed by atoms with E-state index in [-0.39, 0.29) is 0 Å². The highest BCUT2D eigenvalue weighted by atomic mass is 19.4. The van der Waals surface area contributed by atoms with Crippen molar-refractivity contribution >= 4 is 5.91 Å². The highest BCUT2D eigenvalue weighted by Crippen LogP contribution is 2.15. The maximum Gasteiger partial charge on any atom is 0.471 e. The quantitative estimate of drug-likeness (QED) is 0.524. The summed E-state index contributed by atoms with van der Waals surface area (Å²) < 4.78 is 35.1. The Morgan fingerprint density at radius 2 is 2.15 bits per heavy atom. The second kappa shape index (κ2) is 3.51. The normalized spacial score (nSPS) is 28.9. The van der Waals surface area contributed by atoms with E-state index in [9.17, 15) is 18.0 Å². The van der Waals surface area contributed by atoms with Crippen molar-refractivity contribution < 1.29 is 23.1 Å². The van der Waals surface area contributed by atoms with Crippen molar-refractivity contribution in [2.24, 2.45) is 0 Å². The van der Waals surface area contributed by atoms with Crippen molar-refractivity contribution in [2.75, 3.05) is 6.54 Å². The summed E-state index contributed by atoms with van der Waals surface area (Å²) in [5, 5.41) is 13.2. The number of aliphatic hydroxyl groups excluding tert-OH is 1. The molecule has 1 aliphatic rings. The van der Waals surface area contributed by atoms with Gasteiger partial charge in [-0.2, -0.15) is 13.2 Å². The van der Waals surface area contributed by atoms with E-state index in [0.717, 1.165) is 0 Å². The second-order valence-electron chi connectivity index (χ2n) is 2.77. The summed E-state index contributed by atoms with van der Waals surface area (Å²) in [5.74, 6) is -2.01. The Morgan fingerprint density at radius 1 is 1.54 bits per heavy atom. The van der Waals surface area contributed by atoms with Gasteiger partial charge in [-0.3, -0.25) is 10.1 Å². The second-order valence-corrected chi connectivity index (χ2v) is 2.77. The number of rotatable bonds is 1. The highest BCUT2D eigenvalue weighted by molar-refractivity contribution is 5.82. The number of halogens is 3. The van der Waals surface area contributed by atoms with E-state index in [4.69, 9.17) is 5.11 Å². The van der Waals surface area contributed by atoms with E-state index >= 15 is 0 Å². The van der Waals surface area contributed by atoms with Crippen LogP contribution in [0.2, 0.25) is 0 Å². The molecule has 0 saturated carbocycles. The summed E-state index contributed by atoms with van der Waals surface area (Å²) in [7, 11) is 0. The molecule has 1 heterocycles. The van der Waals surface area contributed by atoms with Crippen molar-refractivity contribution in [1.82, 2.24) is 10.6 Å². The van der Waals surface area contributed by atoms with Crippen molar-refractivity contribution in [2.45, 2.75) is 24.9 Å². The summed E-state index contributed by atoms with van der Waals surface area (Å²) in [6.07, 6.45) is -5.68. The van der Waals surface area contributed by atoms with Crippen LogP contribution in [0.5, 0.6) is 0 Å². The van der Waals surface area contributed by atoms with Crippen LogP contribution in [0.1, 0.15) is 6.42 Å². The molecule has 2 unspecified atom stereocenters. The SMILES string of the molecule is O=C(NC1CCNC1O)C(F)(F)F. The largest absolute Gasteiger partial charge is 0.471 e. The summed E-state index contributed by atoms with van der Waals surface area (Å²) in [6, 6.07) is -0.853. The van der Waals surface area contributed by atoms with Crippen LogP contribution in [0, 0.1) is 0 Å². The summed E-state index contributed by atoms with van der Waals surface area (Å²) in [4.78, 5) is 10.4. The van der Waals surface area contributed by atoms with Gasteiger partial charge in [0.25, 0.3) is 0 Å². The van der Waals surface area contributed by atoms with E-state index in [1.165, 1.54) is 0 Å². The van der Waals surface area contributed by atoms with Crippen LogP contribution in [0.15, 0.2) is 0 Å². The van der Waals surface area contributed by atoms with Gasteiger partial charge in [0.1, 0.15) is 6.23 Å². The van der Waals surface area contributed by atoms with Crippen LogP contribution < -0.4 is 10.6 Å². The van der Waals surface area contributed by atoms with Crippen LogP contribution in [-0.4, -0.2) is 36.0 Å². The average Bonchev–Trinajstić information content (AvgIpc) is 2.34. The molecule has 0 bridgehead atoms. The van der Waals surface area contributed by atoms with Gasteiger partial charge in [-0.05, 0) is 13.0 Å². The van der Waals surface area contributed by atoms with Crippen LogP contribution in [0.25, 0.3) is 0 Å². The standard InChI is InChI=1S/C6H9F3N2O2/c7-6(8,9)5(13)11-3-1-2-10-4(3)12/h3-4,10,12H,1-2H2,(H,11,13). The Hall–Kier alpha value is -0.820.